The first kappa shape index (κ1) is 33.4. The number of halogens is 2. The van der Waals surface area contributed by atoms with Crippen LogP contribution in [0.3, 0.4) is 0 Å². The molecular formula is C28H35Cl2N5O4. The fourth-order valence-electron chi connectivity index (χ4n) is 3.43. The highest BCUT2D eigenvalue weighted by molar-refractivity contribution is 5.89. The van der Waals surface area contributed by atoms with Crippen molar-refractivity contribution in [2.24, 2.45) is 5.73 Å². The Bertz CT molecular complexity index is 1150. The van der Waals surface area contributed by atoms with E-state index in [0.717, 1.165) is 16.7 Å². The largest absolute Gasteiger partial charge is 0.445 e. The van der Waals surface area contributed by atoms with Crippen LogP contribution in [0.25, 0.3) is 0 Å². The van der Waals surface area contributed by atoms with Crippen molar-refractivity contribution >= 4 is 42.7 Å². The lowest BCUT2D eigenvalue weighted by Gasteiger charge is -2.17. The van der Waals surface area contributed by atoms with E-state index < -0.39 is 18.2 Å². The van der Waals surface area contributed by atoms with Crippen LogP contribution in [0.15, 0.2) is 79.0 Å². The van der Waals surface area contributed by atoms with Crippen molar-refractivity contribution in [2.45, 2.75) is 51.5 Å². The minimum absolute atomic E-state index is 0. The molecule has 0 spiro atoms. The number of benzene rings is 2. The summed E-state index contributed by atoms with van der Waals surface area (Å²) in [4.78, 5) is 40.9. The number of pyridine rings is 1. The van der Waals surface area contributed by atoms with E-state index in [1.807, 2.05) is 66.7 Å². The minimum atomic E-state index is -0.728. The van der Waals surface area contributed by atoms with Crippen molar-refractivity contribution < 1.29 is 19.1 Å². The Morgan fingerprint density at radius 2 is 1.46 bits per heavy atom. The van der Waals surface area contributed by atoms with Gasteiger partial charge in [0.15, 0.2) is 0 Å². The van der Waals surface area contributed by atoms with E-state index in [4.69, 9.17) is 10.5 Å². The second kappa shape index (κ2) is 17.8. The quantitative estimate of drug-likeness (QED) is 0.261. The summed E-state index contributed by atoms with van der Waals surface area (Å²) in [5, 5.41) is 8.10. The van der Waals surface area contributed by atoms with Gasteiger partial charge in [-0.25, -0.2) is 4.79 Å². The van der Waals surface area contributed by atoms with Gasteiger partial charge in [0, 0.05) is 12.7 Å². The number of hydrogen-bond donors (Lipinski definition) is 4. The van der Waals surface area contributed by atoms with Crippen LogP contribution >= 0.6 is 24.8 Å². The molecular weight excluding hydrogens is 541 g/mol. The molecule has 5 N–H and O–H groups in total. The zero-order chi connectivity index (χ0) is 26.5. The van der Waals surface area contributed by atoms with Crippen LogP contribution in [0, 0.1) is 0 Å². The molecule has 0 saturated carbocycles. The average Bonchev–Trinajstić information content (AvgIpc) is 2.93. The van der Waals surface area contributed by atoms with E-state index in [-0.39, 0.29) is 56.3 Å². The normalized spacial score (nSPS) is 11.5. The zero-order valence-electron chi connectivity index (χ0n) is 21.7. The number of aromatic nitrogens is 1. The predicted molar refractivity (Wildman–Crippen MR) is 154 cm³/mol. The molecule has 3 rings (SSSR count). The van der Waals surface area contributed by atoms with Gasteiger partial charge in [0.2, 0.25) is 11.8 Å². The van der Waals surface area contributed by atoms with E-state index >= 15 is 0 Å². The smallest absolute Gasteiger partial charge is 0.407 e. The number of nitrogens with one attached hydrogen (secondary N) is 3. The summed E-state index contributed by atoms with van der Waals surface area (Å²) in [7, 11) is 0. The SMILES string of the molecule is C[C@H](NC(=O)[C@H](N)CCc1ccccc1)C(=O)NCc1ccc(CNC(=O)OCc2ccccc2)nc1.Cl.Cl. The van der Waals surface area contributed by atoms with Crippen LogP contribution in [0.4, 0.5) is 4.79 Å². The van der Waals surface area contributed by atoms with Gasteiger partial charge in [0.25, 0.3) is 0 Å². The van der Waals surface area contributed by atoms with Gasteiger partial charge in [-0.3, -0.25) is 14.6 Å². The van der Waals surface area contributed by atoms with Gasteiger partial charge in [-0.15, -0.1) is 24.8 Å². The maximum atomic E-state index is 12.4. The van der Waals surface area contributed by atoms with Crippen LogP contribution in [-0.4, -0.2) is 35.0 Å². The second-order valence-electron chi connectivity index (χ2n) is 8.65. The topological polar surface area (TPSA) is 135 Å². The Morgan fingerprint density at radius 1 is 0.821 bits per heavy atom. The van der Waals surface area contributed by atoms with Crippen molar-refractivity contribution in [2.75, 3.05) is 0 Å². The Labute approximate surface area is 241 Å². The number of nitrogens with zero attached hydrogens (tertiary/aromatic N) is 1. The number of aryl methyl sites for hydroxylation is 1. The van der Waals surface area contributed by atoms with Gasteiger partial charge in [-0.05, 0) is 42.5 Å². The summed E-state index contributed by atoms with van der Waals surface area (Å²) in [6, 6.07) is 21.3. The second-order valence-corrected chi connectivity index (χ2v) is 8.65. The summed E-state index contributed by atoms with van der Waals surface area (Å²) >= 11 is 0. The fourth-order valence-corrected chi connectivity index (χ4v) is 3.43. The maximum Gasteiger partial charge on any atom is 0.407 e. The number of carbonyl (C=O) groups excluding carboxylic acids is 3. The van der Waals surface area contributed by atoms with Gasteiger partial charge >= 0.3 is 6.09 Å². The molecule has 0 aliphatic heterocycles. The molecule has 0 bridgehead atoms. The average molecular weight is 577 g/mol. The van der Waals surface area contributed by atoms with Crippen LogP contribution in [0.2, 0.25) is 0 Å². The Balaban J connectivity index is 0.00000380. The highest BCUT2D eigenvalue weighted by atomic mass is 35.5. The van der Waals surface area contributed by atoms with Crippen molar-refractivity contribution in [3.8, 4) is 0 Å². The van der Waals surface area contributed by atoms with Crippen LogP contribution < -0.4 is 21.7 Å². The van der Waals surface area contributed by atoms with Crippen LogP contribution in [-0.2, 0) is 40.4 Å². The van der Waals surface area contributed by atoms with E-state index in [1.54, 1.807) is 19.2 Å². The van der Waals surface area contributed by atoms with Crippen LogP contribution in [0.1, 0.15) is 35.7 Å². The van der Waals surface area contributed by atoms with Gasteiger partial charge in [-0.2, -0.15) is 0 Å². The first-order chi connectivity index (χ1) is 17.9. The molecule has 0 aliphatic rings. The molecule has 0 aliphatic carbocycles. The van der Waals surface area contributed by atoms with E-state index in [0.29, 0.717) is 18.5 Å². The van der Waals surface area contributed by atoms with E-state index in [9.17, 15) is 14.4 Å². The predicted octanol–water partition coefficient (Wildman–Crippen LogP) is 3.43. The molecule has 11 heteroatoms. The van der Waals surface area contributed by atoms with Crippen molar-refractivity contribution in [3.63, 3.8) is 0 Å². The molecule has 1 aromatic heterocycles. The van der Waals surface area contributed by atoms with Crippen LogP contribution in [0.5, 0.6) is 0 Å². The highest BCUT2D eigenvalue weighted by Crippen LogP contribution is 2.05. The molecule has 1 heterocycles. The number of alkyl carbamates (subject to hydrolysis) is 1. The van der Waals surface area contributed by atoms with Crippen molar-refractivity contribution in [1.82, 2.24) is 20.9 Å². The maximum absolute atomic E-state index is 12.4. The lowest BCUT2D eigenvalue weighted by Crippen LogP contribution is -2.50. The standard InChI is InChI=1S/C28H33N5O4.2ClH/c1-20(33-27(35)25(29)15-13-21-8-4-2-5-9-21)26(34)31-17-23-12-14-24(30-16-23)18-32-28(36)37-19-22-10-6-3-7-11-22;;/h2-12,14,16,20,25H,13,15,17-19,29H2,1H3,(H,31,34)(H,32,36)(H,33,35);2*1H/t20-,25+;;/m0../s1. The molecule has 210 valence electrons. The van der Waals surface area contributed by atoms with Gasteiger partial charge in [0.05, 0.1) is 18.3 Å². The summed E-state index contributed by atoms with van der Waals surface area (Å²) in [5.41, 5.74) is 9.43. The van der Waals surface area contributed by atoms with Gasteiger partial charge < -0.3 is 26.4 Å². The highest BCUT2D eigenvalue weighted by Gasteiger charge is 2.20. The number of rotatable bonds is 12. The third kappa shape index (κ3) is 12.2. The van der Waals surface area contributed by atoms with Crippen molar-refractivity contribution in [3.05, 3.63) is 101 Å². The molecule has 2 aromatic carbocycles. The molecule has 3 aromatic rings. The molecule has 39 heavy (non-hydrogen) atoms. The third-order valence-corrected chi connectivity index (χ3v) is 5.65. The van der Waals surface area contributed by atoms with Gasteiger partial charge in [-0.1, -0.05) is 66.7 Å². The molecule has 2 atom stereocenters. The zero-order valence-corrected chi connectivity index (χ0v) is 23.3. The molecule has 0 saturated heterocycles. The number of hydrogen-bond acceptors (Lipinski definition) is 6. The van der Waals surface area contributed by atoms with E-state index in [1.165, 1.54) is 0 Å². The molecule has 0 fully saturated rings. The molecule has 0 unspecified atom stereocenters. The van der Waals surface area contributed by atoms with Crippen molar-refractivity contribution in [1.29, 1.82) is 0 Å². The Hall–Kier alpha value is -3.66. The molecule has 9 nitrogen and oxygen atoms in total. The number of amides is 3. The summed E-state index contributed by atoms with van der Waals surface area (Å²) in [6.45, 7) is 2.27. The molecule has 3 amide bonds. The molecule has 0 radical (unpaired) electrons. The third-order valence-electron chi connectivity index (χ3n) is 5.65. The Morgan fingerprint density at radius 3 is 2.08 bits per heavy atom. The lowest BCUT2D eigenvalue weighted by atomic mass is 10.1. The summed E-state index contributed by atoms with van der Waals surface area (Å²) < 4.78 is 5.17. The minimum Gasteiger partial charge on any atom is -0.445 e. The summed E-state index contributed by atoms with van der Waals surface area (Å²) in [6.07, 6.45) is 2.26. The Kier molecular flexibility index (Phi) is 15.2. The number of ether oxygens (including phenoxy) is 1. The van der Waals surface area contributed by atoms with Gasteiger partial charge in [0.1, 0.15) is 12.6 Å². The first-order valence-corrected chi connectivity index (χ1v) is 12.2. The first-order valence-electron chi connectivity index (χ1n) is 12.2. The lowest BCUT2D eigenvalue weighted by molar-refractivity contribution is -0.129. The fraction of sp³-hybridized carbons (Fsp3) is 0.286. The number of nitrogens with two attached hydrogens (primary N) is 1. The van der Waals surface area contributed by atoms with E-state index in [2.05, 4.69) is 20.9 Å². The monoisotopic (exact) mass is 575 g/mol. The number of carbonyl (C=O) groups is 3. The summed E-state index contributed by atoms with van der Waals surface area (Å²) in [5.74, 6) is -0.685.